The zero-order chi connectivity index (χ0) is 81.8. The van der Waals surface area contributed by atoms with E-state index in [1.54, 1.807) is 131 Å². The number of nitrogen functional groups attached to an aromatic ring is 1. The van der Waals surface area contributed by atoms with E-state index in [-0.39, 0.29) is 184 Å². The summed E-state index contributed by atoms with van der Waals surface area (Å²) in [7, 11) is -1.34. The monoisotopic (exact) mass is 1680 g/mol. The fourth-order valence-electron chi connectivity index (χ4n) is 9.09. The van der Waals surface area contributed by atoms with Crippen molar-refractivity contribution in [2.45, 2.75) is 95.9 Å². The van der Waals surface area contributed by atoms with Crippen LogP contribution in [0.4, 0.5) is 28.4 Å². The normalized spacial score (nSPS) is 9.33. The van der Waals surface area contributed by atoms with Crippen molar-refractivity contribution < 1.29 is 140 Å². The van der Waals surface area contributed by atoms with Crippen molar-refractivity contribution in [1.82, 2.24) is 24.9 Å². The number of aliphatic hydroxyl groups is 1. The summed E-state index contributed by atoms with van der Waals surface area (Å²) >= 11 is 16.6. The van der Waals surface area contributed by atoms with Gasteiger partial charge in [0.1, 0.15) is 69.8 Å². The van der Waals surface area contributed by atoms with Gasteiger partial charge in [-0.1, -0.05) is 209 Å². The van der Waals surface area contributed by atoms with Gasteiger partial charge in [0, 0.05) is 18.2 Å². The Hall–Kier alpha value is -10.6. The largest absolute Gasteiger partial charge is 1.00 e. The molecule has 10 rings (SSSR count). The van der Waals surface area contributed by atoms with Crippen LogP contribution in [0.5, 0.6) is 0 Å². The second-order valence-corrected chi connectivity index (χ2v) is 23.1. The molecular weight excluding hydrogens is 1590 g/mol. The molecule has 5 heterocycles. The number of ether oxygens (including phenoxy) is 3. The summed E-state index contributed by atoms with van der Waals surface area (Å²) in [6.07, 6.45) is 6.09. The van der Waals surface area contributed by atoms with Crippen LogP contribution < -0.4 is 72.0 Å². The fraction of sp³-hybridized carbons (Fsp3) is 0.228. The Morgan fingerprint density at radius 2 is 0.767 bits per heavy atom. The average Bonchev–Trinajstić information content (AvgIpc) is 0.811. The Bertz CT molecular complexity index is 4700. The maximum Gasteiger partial charge on any atom is 1.00 e. The molecule has 0 aliphatic heterocycles. The molecule has 0 saturated heterocycles. The molecule has 0 aliphatic rings. The molecule has 116 heavy (non-hydrogen) atoms. The number of carbonyl (C=O) groups excluding carboxylic acids is 6. The number of Topliss-reactive ketones (excluding diaryl/α,β-unsaturated/α-hetero) is 3. The number of benzene rings is 5. The van der Waals surface area contributed by atoms with Crippen molar-refractivity contribution in [3.05, 3.63) is 286 Å². The smallest absolute Gasteiger partial charge is 1.00 e. The van der Waals surface area contributed by atoms with Crippen LogP contribution in [-0.4, -0.2) is 129 Å². The SMILES string of the molecule is C.C.C.CC(=O)C(C(C)=O)c1cc(-c2ccccc2)c([N+](=O)[O-])cn1.CCO.CCOC(=O)CC(C)=O.CCOC(=O)Cc1cc(-c2ccccc2)c(N)cn1.CCOC(=O)Cc1cc(-c2ccccc2)c([N+](=O)[O-])cn1.O=[N+]([O-])c1cnc(Cl)cc1-c1ccccc1.O=[N+]([O-])c1cnc(Cl)cc1Cl.OB(O)c1ccccc1.[Cl-].[H-].[Li+].[Na+]. The molecule has 0 atom stereocenters. The van der Waals surface area contributed by atoms with Crippen molar-refractivity contribution in [3.8, 4) is 44.5 Å². The summed E-state index contributed by atoms with van der Waals surface area (Å²) < 4.78 is 14.3. The number of halogens is 4. The predicted molar refractivity (Wildman–Crippen MR) is 436 cm³/mol. The zero-order valence-corrected chi connectivity index (χ0v) is 67.7. The molecule has 0 spiro atoms. The van der Waals surface area contributed by atoms with Crippen molar-refractivity contribution in [1.29, 1.82) is 0 Å². The van der Waals surface area contributed by atoms with Crippen molar-refractivity contribution in [3.63, 3.8) is 0 Å². The van der Waals surface area contributed by atoms with Crippen LogP contribution >= 0.6 is 34.8 Å². The van der Waals surface area contributed by atoms with E-state index in [0.29, 0.717) is 63.6 Å². The molecular formula is C79H89BCl4LiN10NaO20. The molecule has 0 radical (unpaired) electrons. The van der Waals surface area contributed by atoms with Gasteiger partial charge in [0.2, 0.25) is 0 Å². The number of aliphatic hydroxyl groups excluding tert-OH is 1. The predicted octanol–water partition coefficient (Wildman–Crippen LogP) is 6.65. The maximum absolute atomic E-state index is 11.7. The molecule has 5 aromatic carbocycles. The number of hydrogen-bond acceptors (Lipinski definition) is 26. The molecule has 0 aliphatic carbocycles. The third-order valence-electron chi connectivity index (χ3n) is 13.8. The second-order valence-electron chi connectivity index (χ2n) is 22.0. The summed E-state index contributed by atoms with van der Waals surface area (Å²) in [5.41, 5.74) is 13.1. The number of rotatable bonds is 21. The molecule has 0 fully saturated rings. The molecule has 10 aromatic rings. The summed E-state index contributed by atoms with van der Waals surface area (Å²) in [6, 6.07) is 52.8. The molecule has 30 nitrogen and oxygen atoms in total. The Balaban J connectivity index is -0.000000419. The number of nitro groups is 4. The van der Waals surface area contributed by atoms with Crippen LogP contribution in [0.3, 0.4) is 0 Å². The first-order valence-corrected chi connectivity index (χ1v) is 34.0. The van der Waals surface area contributed by atoms with Crippen LogP contribution in [0, 0.1) is 40.5 Å². The van der Waals surface area contributed by atoms with Gasteiger partial charge in [0.25, 0.3) is 17.1 Å². The van der Waals surface area contributed by atoms with E-state index in [1.807, 2.05) is 66.7 Å². The van der Waals surface area contributed by atoms with Crippen molar-refractivity contribution >= 4 is 111 Å². The van der Waals surface area contributed by atoms with Crippen LogP contribution in [0.15, 0.2) is 213 Å². The molecule has 0 amide bonds. The van der Waals surface area contributed by atoms with Gasteiger partial charge in [0.15, 0.2) is 0 Å². The Morgan fingerprint density at radius 3 is 1.10 bits per heavy atom. The van der Waals surface area contributed by atoms with Gasteiger partial charge < -0.3 is 48.9 Å². The first-order chi connectivity index (χ1) is 52.4. The Labute approximate surface area is 729 Å². The van der Waals surface area contributed by atoms with Crippen molar-refractivity contribution in [2.75, 3.05) is 32.2 Å². The van der Waals surface area contributed by atoms with Gasteiger partial charge in [-0.25, -0.2) is 9.97 Å². The number of nitrogens with zero attached hydrogens (tertiary/aromatic N) is 9. The minimum atomic E-state index is -1.34. The van der Waals surface area contributed by atoms with Gasteiger partial charge >= 0.3 is 79.1 Å². The number of aromatic nitrogens is 5. The minimum Gasteiger partial charge on any atom is -1.00 e. The molecule has 608 valence electrons. The summed E-state index contributed by atoms with van der Waals surface area (Å²) in [5, 5.41) is 68.4. The third kappa shape index (κ3) is 40.6. The van der Waals surface area contributed by atoms with E-state index in [4.69, 9.17) is 65.2 Å². The first-order valence-electron chi connectivity index (χ1n) is 32.9. The van der Waals surface area contributed by atoms with Gasteiger partial charge in [-0.05, 0) is 100 Å². The molecule has 0 unspecified atom stereocenters. The topological polar surface area (TPSA) is 454 Å². The van der Waals surface area contributed by atoms with E-state index in [0.717, 1.165) is 29.1 Å². The summed E-state index contributed by atoms with van der Waals surface area (Å²) in [5.74, 6) is -2.96. The Kier molecular flexibility index (Phi) is 58.6. The van der Waals surface area contributed by atoms with Crippen LogP contribution in [-0.2, 0) is 55.8 Å². The van der Waals surface area contributed by atoms with Crippen LogP contribution in [0.2, 0.25) is 15.3 Å². The van der Waals surface area contributed by atoms with E-state index in [1.165, 1.54) is 51.4 Å². The number of hydrogen-bond donors (Lipinski definition) is 4. The molecule has 5 aromatic heterocycles. The molecule has 37 heteroatoms. The van der Waals surface area contributed by atoms with Gasteiger partial charge in [-0.3, -0.25) is 84.2 Å². The van der Waals surface area contributed by atoms with E-state index >= 15 is 0 Å². The number of nitrogens with two attached hydrogens (primary N) is 1. The summed E-state index contributed by atoms with van der Waals surface area (Å²) in [6.45, 7) is 12.1. The molecule has 0 bridgehead atoms. The number of esters is 3. The van der Waals surface area contributed by atoms with Crippen LogP contribution in [0.1, 0.15) is 102 Å². The van der Waals surface area contributed by atoms with E-state index in [2.05, 4.69) is 29.7 Å². The number of carbonyl (C=O) groups is 6. The second kappa shape index (κ2) is 60.9. The number of anilines is 1. The standard InChI is InChI=1S/C16H14N2O4.C15H14N2O4.C15H16N2O2.C11H7ClN2O2.C6H7BO2.C6H10O3.C5H2Cl2N2O2.C2H6O.3CH4.ClH.Li.Na.H/c1-10(19)16(11(2)20)14-8-13(12-6-4-3-5-7-12)15(9-17-14)18(21)22;1-2-21-15(18)9-12-8-13(11-6-4-3-5-7-11)14(10-16-12)17(19)20;1-2-19-15(18)9-12-8-13(14(16)10-17-12)11-6-4-3-5-7-11;12-11-6-9(8-4-2-1-3-5-8)10(7-13-11)14(15)16;8-7(9)6-4-2-1-3-5-6;1-3-9-6(8)4-5(2)7;6-3-1-5(7)8-2-4(3)9(10)11;1-2-3;;;;;;;/h3-9,16H,1-2H3;3-8,10H,2,9H2,1H3;3-8,10H,2,9,16H2,1H3;1-7H;1-5,8-9H;3-4H2,1-2H3;1-2H;3H,2H2,1H3;3*1H4;1H;;;/q;;;;;;;;;;;;2*+1;-1/p-1. The van der Waals surface area contributed by atoms with Gasteiger partial charge in [0.05, 0.1) is 98.0 Å². The average molecular weight is 1680 g/mol. The Morgan fingerprint density at radius 1 is 0.466 bits per heavy atom. The number of pyridine rings is 5. The maximum atomic E-state index is 11.7. The number of ketones is 3. The minimum absolute atomic E-state index is 0. The first kappa shape index (κ1) is 112. The fourth-order valence-corrected chi connectivity index (χ4v) is 9.68. The van der Waals surface area contributed by atoms with Crippen molar-refractivity contribution in [2.24, 2.45) is 0 Å². The van der Waals surface area contributed by atoms with Crippen LogP contribution in [0.25, 0.3) is 44.5 Å². The van der Waals surface area contributed by atoms with Gasteiger partial charge in [-0.15, -0.1) is 0 Å². The van der Waals surface area contributed by atoms with E-state index < -0.39 is 44.7 Å². The zero-order valence-electron chi connectivity index (χ0n) is 63.7. The third-order valence-corrected chi connectivity index (χ3v) is 14.5. The molecule has 5 N–H and O–H groups in total. The van der Waals surface area contributed by atoms with Gasteiger partial charge in [-0.2, -0.15) is 0 Å². The molecule has 0 saturated carbocycles. The summed E-state index contributed by atoms with van der Waals surface area (Å²) in [4.78, 5) is 127. The quantitative estimate of drug-likeness (QED) is 0.0111. The van der Waals surface area contributed by atoms with E-state index in [9.17, 15) is 69.2 Å².